The van der Waals surface area contributed by atoms with Gasteiger partial charge in [0.15, 0.2) is 0 Å². The van der Waals surface area contributed by atoms with Gasteiger partial charge in [-0.25, -0.2) is 0 Å². The number of nitrogens with two attached hydrogens (primary N) is 1. The molecule has 4 nitrogen and oxygen atoms in total. The van der Waals surface area contributed by atoms with Gasteiger partial charge in [-0.05, 0) is 24.2 Å². The second-order valence-corrected chi connectivity index (χ2v) is 4.29. The zero-order chi connectivity index (χ0) is 11.7. The predicted molar refractivity (Wildman–Crippen MR) is 64.1 cm³/mol. The minimum Gasteiger partial charge on any atom is -0.318 e. The van der Waals surface area contributed by atoms with Gasteiger partial charge in [0.2, 0.25) is 5.91 Å². The highest BCUT2D eigenvalue weighted by Crippen LogP contribution is 2.28. The van der Waals surface area contributed by atoms with Gasteiger partial charge in [0.05, 0.1) is 6.42 Å². The average molecular weight is 219 g/mol. The van der Waals surface area contributed by atoms with Gasteiger partial charge in [0.25, 0.3) is 0 Å². The fourth-order valence-corrected chi connectivity index (χ4v) is 2.00. The molecule has 0 saturated carbocycles. The first kappa shape index (κ1) is 11.1. The predicted octanol–water partition coefficient (Wildman–Crippen LogP) is 0.553. The Labute approximate surface area is 95.6 Å². The molecule has 2 rings (SSSR count). The normalized spacial score (nSPS) is 14.8. The Bertz CT molecular complexity index is 417. The van der Waals surface area contributed by atoms with Gasteiger partial charge >= 0.3 is 0 Å². The number of hydrogen-bond acceptors (Lipinski definition) is 3. The van der Waals surface area contributed by atoms with E-state index in [1.807, 2.05) is 25.1 Å². The van der Waals surface area contributed by atoms with Crippen molar-refractivity contribution in [1.29, 1.82) is 0 Å². The summed E-state index contributed by atoms with van der Waals surface area (Å²) in [5, 5.41) is 0. The molecule has 1 aliphatic rings. The molecule has 0 saturated heterocycles. The number of fused-ring (bicyclic) bond motifs is 1. The van der Waals surface area contributed by atoms with Gasteiger partial charge in [0.1, 0.15) is 0 Å². The molecule has 86 valence electrons. The first-order valence-electron chi connectivity index (χ1n) is 5.39. The summed E-state index contributed by atoms with van der Waals surface area (Å²) < 4.78 is 0. The molecule has 1 heterocycles. The van der Waals surface area contributed by atoms with Gasteiger partial charge in [-0.1, -0.05) is 12.1 Å². The topological polar surface area (TPSA) is 49.6 Å². The van der Waals surface area contributed by atoms with Crippen molar-refractivity contribution in [3.05, 3.63) is 29.3 Å². The highest BCUT2D eigenvalue weighted by Gasteiger charge is 2.23. The van der Waals surface area contributed by atoms with Crippen molar-refractivity contribution in [3.63, 3.8) is 0 Å². The summed E-state index contributed by atoms with van der Waals surface area (Å²) in [5.74, 6) is 0.166. The monoisotopic (exact) mass is 219 g/mol. The third-order valence-corrected chi connectivity index (χ3v) is 2.99. The van der Waals surface area contributed by atoms with Crippen LogP contribution < -0.4 is 10.6 Å². The number of rotatable bonds is 3. The molecular weight excluding hydrogens is 202 g/mol. The number of nitrogens with zero attached hydrogens (tertiary/aromatic N) is 2. The number of amides is 1. The molecule has 4 heteroatoms. The largest absolute Gasteiger partial charge is 0.318 e. The highest BCUT2D eigenvalue weighted by atomic mass is 16.2. The lowest BCUT2D eigenvalue weighted by Gasteiger charge is -2.15. The summed E-state index contributed by atoms with van der Waals surface area (Å²) in [6.07, 6.45) is 0.520. The number of hydrogen-bond donors (Lipinski definition) is 1. The Morgan fingerprint density at radius 2 is 2.25 bits per heavy atom. The summed E-state index contributed by atoms with van der Waals surface area (Å²) in [7, 11) is 3.80. The molecule has 1 amide bonds. The zero-order valence-corrected chi connectivity index (χ0v) is 9.73. The number of benzene rings is 1. The summed E-state index contributed by atoms with van der Waals surface area (Å²) >= 11 is 0. The van der Waals surface area contributed by atoms with E-state index in [2.05, 4.69) is 12.1 Å². The van der Waals surface area contributed by atoms with Gasteiger partial charge in [0, 0.05) is 25.9 Å². The molecule has 0 aliphatic carbocycles. The Balaban J connectivity index is 2.22. The first-order chi connectivity index (χ1) is 7.61. The molecule has 16 heavy (non-hydrogen) atoms. The van der Waals surface area contributed by atoms with E-state index >= 15 is 0 Å². The lowest BCUT2D eigenvalue weighted by atomic mass is 10.1. The number of carbonyl (C=O) groups is 1. The van der Waals surface area contributed by atoms with E-state index in [1.54, 1.807) is 4.90 Å². The molecule has 0 aromatic heterocycles. The van der Waals surface area contributed by atoms with E-state index in [0.717, 1.165) is 17.8 Å². The Hall–Kier alpha value is -1.39. The molecule has 2 N–H and O–H groups in total. The van der Waals surface area contributed by atoms with Crippen molar-refractivity contribution in [2.75, 3.05) is 25.7 Å². The molecular formula is C12H17N3O. The summed E-state index contributed by atoms with van der Waals surface area (Å²) in [6.45, 7) is 1.36. The maximum absolute atomic E-state index is 11.5. The van der Waals surface area contributed by atoms with Gasteiger partial charge < -0.3 is 10.6 Å². The van der Waals surface area contributed by atoms with E-state index in [4.69, 9.17) is 5.73 Å². The van der Waals surface area contributed by atoms with Crippen molar-refractivity contribution in [1.82, 2.24) is 4.90 Å². The molecule has 1 aromatic rings. The van der Waals surface area contributed by atoms with Crippen LogP contribution in [0.15, 0.2) is 18.2 Å². The van der Waals surface area contributed by atoms with E-state index < -0.39 is 0 Å². The van der Waals surface area contributed by atoms with Crippen LogP contribution in [-0.2, 0) is 17.8 Å². The van der Waals surface area contributed by atoms with Crippen LogP contribution in [-0.4, -0.2) is 31.6 Å². The molecule has 0 spiro atoms. The quantitative estimate of drug-likeness (QED) is 0.755. The van der Waals surface area contributed by atoms with Crippen LogP contribution in [0.3, 0.4) is 0 Å². The molecule has 0 unspecified atom stereocenters. The SMILES string of the molecule is CN(CN)Cc1ccc2c(c1)CC(=O)N2C. The van der Waals surface area contributed by atoms with Crippen molar-refractivity contribution < 1.29 is 4.79 Å². The Morgan fingerprint density at radius 3 is 2.94 bits per heavy atom. The minimum atomic E-state index is 0.166. The first-order valence-corrected chi connectivity index (χ1v) is 5.39. The van der Waals surface area contributed by atoms with Crippen LogP contribution in [0.5, 0.6) is 0 Å². The van der Waals surface area contributed by atoms with Crippen molar-refractivity contribution >= 4 is 11.6 Å². The highest BCUT2D eigenvalue weighted by molar-refractivity contribution is 6.00. The van der Waals surface area contributed by atoms with E-state index in [-0.39, 0.29) is 5.91 Å². The van der Waals surface area contributed by atoms with Crippen molar-refractivity contribution in [3.8, 4) is 0 Å². The van der Waals surface area contributed by atoms with E-state index in [1.165, 1.54) is 5.56 Å². The third-order valence-electron chi connectivity index (χ3n) is 2.99. The summed E-state index contributed by atoms with van der Waals surface area (Å²) in [4.78, 5) is 15.3. The lowest BCUT2D eigenvalue weighted by molar-refractivity contribution is -0.117. The maximum atomic E-state index is 11.5. The zero-order valence-electron chi connectivity index (χ0n) is 9.73. The fourth-order valence-electron chi connectivity index (χ4n) is 2.00. The molecule has 0 atom stereocenters. The van der Waals surface area contributed by atoms with Gasteiger partial charge in [-0.15, -0.1) is 0 Å². The molecule has 0 bridgehead atoms. The molecule has 1 aliphatic heterocycles. The number of anilines is 1. The van der Waals surface area contributed by atoms with Crippen molar-refractivity contribution in [2.45, 2.75) is 13.0 Å². The van der Waals surface area contributed by atoms with E-state index in [0.29, 0.717) is 13.1 Å². The van der Waals surface area contributed by atoms with Crippen LogP contribution in [0.25, 0.3) is 0 Å². The van der Waals surface area contributed by atoms with Crippen LogP contribution in [0.2, 0.25) is 0 Å². The maximum Gasteiger partial charge on any atom is 0.231 e. The molecule has 1 aromatic carbocycles. The van der Waals surface area contributed by atoms with Crippen LogP contribution >= 0.6 is 0 Å². The second-order valence-electron chi connectivity index (χ2n) is 4.29. The van der Waals surface area contributed by atoms with Crippen LogP contribution in [0, 0.1) is 0 Å². The van der Waals surface area contributed by atoms with Crippen molar-refractivity contribution in [2.24, 2.45) is 5.73 Å². The van der Waals surface area contributed by atoms with Crippen LogP contribution in [0.4, 0.5) is 5.69 Å². The summed E-state index contributed by atoms with van der Waals surface area (Å²) in [6, 6.07) is 6.17. The van der Waals surface area contributed by atoms with Gasteiger partial charge in [-0.2, -0.15) is 0 Å². The minimum absolute atomic E-state index is 0.166. The summed E-state index contributed by atoms with van der Waals surface area (Å²) in [5.41, 5.74) is 8.90. The standard InChI is InChI=1S/C12H17N3O/c1-14(8-13)7-9-3-4-11-10(5-9)6-12(16)15(11)2/h3-5H,6-8,13H2,1-2H3. The van der Waals surface area contributed by atoms with Gasteiger partial charge in [-0.3, -0.25) is 9.69 Å². The second kappa shape index (κ2) is 4.23. The van der Waals surface area contributed by atoms with E-state index in [9.17, 15) is 4.79 Å². The third kappa shape index (κ3) is 1.94. The Kier molecular flexibility index (Phi) is 2.94. The Morgan fingerprint density at radius 1 is 1.50 bits per heavy atom. The number of likely N-dealkylation sites (N-methyl/N-ethyl adjacent to an activating group) is 1. The lowest BCUT2D eigenvalue weighted by Crippen LogP contribution is -2.25. The average Bonchev–Trinajstić information content (AvgIpc) is 2.54. The fraction of sp³-hybridized carbons (Fsp3) is 0.417. The number of carbonyl (C=O) groups excluding carboxylic acids is 1. The molecule has 0 radical (unpaired) electrons. The molecule has 0 fully saturated rings. The van der Waals surface area contributed by atoms with Crippen LogP contribution in [0.1, 0.15) is 11.1 Å². The smallest absolute Gasteiger partial charge is 0.231 e.